The number of hydrogen-bond acceptors (Lipinski definition) is 4. The number of hydrogen-bond donors (Lipinski definition) is 0. The van der Waals surface area contributed by atoms with Gasteiger partial charge in [0.15, 0.2) is 0 Å². The van der Waals surface area contributed by atoms with Crippen LogP contribution >= 0.6 is 0 Å². The summed E-state index contributed by atoms with van der Waals surface area (Å²) < 4.78 is 0. The molecular weight excluding hydrogens is 262 g/mol. The van der Waals surface area contributed by atoms with Crippen molar-refractivity contribution >= 4 is 23.3 Å². The predicted octanol–water partition coefficient (Wildman–Crippen LogP) is 1.83. The van der Waals surface area contributed by atoms with Crippen molar-refractivity contribution in [3.8, 4) is 0 Å². The number of urea groups is 1. The third-order valence-corrected chi connectivity index (χ3v) is 3.84. The van der Waals surface area contributed by atoms with Crippen LogP contribution in [0.15, 0.2) is 18.2 Å². The van der Waals surface area contributed by atoms with Crippen molar-refractivity contribution in [2.75, 3.05) is 11.4 Å². The van der Waals surface area contributed by atoms with Crippen LogP contribution in [0.25, 0.3) is 0 Å². The Labute approximate surface area is 114 Å². The second-order valence-electron chi connectivity index (χ2n) is 5.04. The van der Waals surface area contributed by atoms with Gasteiger partial charge in [0, 0.05) is 18.7 Å². The number of rotatable bonds is 2. The van der Waals surface area contributed by atoms with Crippen LogP contribution in [0.4, 0.5) is 16.2 Å². The van der Waals surface area contributed by atoms with Crippen LogP contribution in [-0.4, -0.2) is 34.3 Å². The van der Waals surface area contributed by atoms with Crippen LogP contribution in [0.3, 0.4) is 0 Å². The number of fused-ring (bicyclic) bond motifs is 1. The summed E-state index contributed by atoms with van der Waals surface area (Å²) in [6, 6.07) is 3.43. The fraction of sp³-hybridized carbons (Fsp3) is 0.385. The maximum absolute atomic E-state index is 12.3. The number of nitro benzene ring substituents is 1. The summed E-state index contributed by atoms with van der Waals surface area (Å²) in [6.45, 7) is 2.29. The lowest BCUT2D eigenvalue weighted by atomic mass is 10.1. The molecule has 7 heteroatoms. The Bertz CT molecular complexity index is 606. The Hall–Kier alpha value is -2.44. The second-order valence-corrected chi connectivity index (χ2v) is 5.04. The molecule has 1 atom stereocenters. The van der Waals surface area contributed by atoms with Gasteiger partial charge in [-0.25, -0.2) is 9.69 Å². The minimum atomic E-state index is -0.533. The lowest BCUT2D eigenvalue weighted by Gasteiger charge is -2.17. The van der Waals surface area contributed by atoms with E-state index in [1.54, 1.807) is 17.9 Å². The van der Waals surface area contributed by atoms with Gasteiger partial charge in [-0.2, -0.15) is 0 Å². The van der Waals surface area contributed by atoms with Crippen LogP contribution in [0.1, 0.15) is 18.4 Å². The Balaban J connectivity index is 2.05. The number of carbonyl (C=O) groups is 2. The van der Waals surface area contributed by atoms with Crippen LogP contribution in [0, 0.1) is 17.0 Å². The molecule has 0 aromatic heterocycles. The number of nitro groups is 1. The van der Waals surface area contributed by atoms with E-state index in [1.165, 1.54) is 12.1 Å². The molecule has 0 spiro atoms. The summed E-state index contributed by atoms with van der Waals surface area (Å²) in [4.78, 5) is 37.5. The van der Waals surface area contributed by atoms with Crippen LogP contribution in [0.2, 0.25) is 0 Å². The zero-order valence-electron chi connectivity index (χ0n) is 10.9. The molecule has 2 aliphatic rings. The van der Waals surface area contributed by atoms with Gasteiger partial charge in [0.25, 0.3) is 11.6 Å². The molecule has 3 amide bonds. The van der Waals surface area contributed by atoms with Gasteiger partial charge in [0.05, 0.1) is 10.6 Å². The molecule has 3 rings (SSSR count). The Morgan fingerprint density at radius 2 is 2.10 bits per heavy atom. The van der Waals surface area contributed by atoms with Crippen LogP contribution in [0.5, 0.6) is 0 Å². The highest BCUT2D eigenvalue weighted by Crippen LogP contribution is 2.34. The molecule has 1 unspecified atom stereocenters. The van der Waals surface area contributed by atoms with E-state index in [0.717, 1.165) is 11.3 Å². The predicted molar refractivity (Wildman–Crippen MR) is 70.4 cm³/mol. The van der Waals surface area contributed by atoms with E-state index in [4.69, 9.17) is 0 Å². The molecule has 2 saturated heterocycles. The summed E-state index contributed by atoms with van der Waals surface area (Å²) >= 11 is 0. The molecule has 0 N–H and O–H groups in total. The molecule has 0 aliphatic carbocycles. The maximum Gasteiger partial charge on any atom is 0.332 e. The zero-order valence-corrected chi connectivity index (χ0v) is 10.9. The Morgan fingerprint density at radius 1 is 1.35 bits per heavy atom. The van der Waals surface area contributed by atoms with Crippen LogP contribution in [-0.2, 0) is 4.79 Å². The highest BCUT2D eigenvalue weighted by atomic mass is 16.6. The largest absolute Gasteiger partial charge is 0.332 e. The number of amides is 3. The molecule has 1 aromatic carbocycles. The third-order valence-electron chi connectivity index (χ3n) is 3.84. The molecule has 1 aromatic rings. The van der Waals surface area contributed by atoms with Crippen molar-refractivity contribution < 1.29 is 14.5 Å². The molecule has 0 bridgehead atoms. The molecular formula is C13H13N3O4. The van der Waals surface area contributed by atoms with Gasteiger partial charge in [-0.05, 0) is 25.3 Å². The fourth-order valence-corrected chi connectivity index (χ4v) is 2.80. The SMILES string of the molecule is Cc1ccc([N+](=O)[O-])cc1N1C(=O)C2CCCN2C1=O. The highest BCUT2D eigenvalue weighted by molar-refractivity contribution is 6.22. The first-order valence-electron chi connectivity index (χ1n) is 6.40. The summed E-state index contributed by atoms with van der Waals surface area (Å²) in [5, 5.41) is 10.8. The summed E-state index contributed by atoms with van der Waals surface area (Å²) in [5.74, 6) is -0.281. The van der Waals surface area contributed by atoms with Crippen molar-refractivity contribution in [2.24, 2.45) is 0 Å². The smallest absolute Gasteiger partial charge is 0.312 e. The van der Waals surface area contributed by atoms with Crippen molar-refractivity contribution in [1.29, 1.82) is 0 Å². The average molecular weight is 275 g/mol. The van der Waals surface area contributed by atoms with Gasteiger partial charge in [0.2, 0.25) is 0 Å². The first-order chi connectivity index (χ1) is 9.50. The summed E-state index contributed by atoms with van der Waals surface area (Å²) in [7, 11) is 0. The standard InChI is InChI=1S/C13H13N3O4/c1-8-4-5-9(16(19)20)7-11(8)15-12(17)10-3-2-6-14(10)13(15)18/h4-5,7,10H,2-3,6H2,1H3. The molecule has 7 nitrogen and oxygen atoms in total. The van der Waals surface area contributed by atoms with Gasteiger partial charge in [-0.15, -0.1) is 0 Å². The third kappa shape index (κ3) is 1.66. The molecule has 2 heterocycles. The van der Waals surface area contributed by atoms with E-state index in [9.17, 15) is 19.7 Å². The molecule has 2 aliphatic heterocycles. The average Bonchev–Trinajstić information content (AvgIpc) is 2.96. The molecule has 0 radical (unpaired) electrons. The lowest BCUT2D eigenvalue weighted by molar-refractivity contribution is -0.384. The highest BCUT2D eigenvalue weighted by Gasteiger charge is 2.48. The van der Waals surface area contributed by atoms with E-state index in [2.05, 4.69) is 0 Å². The van der Waals surface area contributed by atoms with E-state index in [1.807, 2.05) is 0 Å². The van der Waals surface area contributed by atoms with Gasteiger partial charge < -0.3 is 4.90 Å². The van der Waals surface area contributed by atoms with E-state index in [0.29, 0.717) is 24.2 Å². The number of nitrogens with zero attached hydrogens (tertiary/aromatic N) is 3. The van der Waals surface area contributed by atoms with E-state index in [-0.39, 0.29) is 17.6 Å². The Kier molecular flexibility index (Phi) is 2.70. The van der Waals surface area contributed by atoms with Crippen molar-refractivity contribution in [1.82, 2.24) is 4.90 Å². The first-order valence-corrected chi connectivity index (χ1v) is 6.40. The van der Waals surface area contributed by atoms with Gasteiger partial charge in [-0.3, -0.25) is 14.9 Å². The second kappa shape index (κ2) is 4.29. The first kappa shape index (κ1) is 12.6. The fourth-order valence-electron chi connectivity index (χ4n) is 2.80. The monoisotopic (exact) mass is 275 g/mol. The van der Waals surface area contributed by atoms with Crippen molar-refractivity contribution in [2.45, 2.75) is 25.8 Å². The zero-order chi connectivity index (χ0) is 14.4. The topological polar surface area (TPSA) is 83.8 Å². The number of carbonyl (C=O) groups excluding carboxylic acids is 2. The number of anilines is 1. The van der Waals surface area contributed by atoms with Gasteiger partial charge >= 0.3 is 6.03 Å². The summed E-state index contributed by atoms with van der Waals surface area (Å²) in [6.07, 6.45) is 1.49. The summed E-state index contributed by atoms with van der Waals surface area (Å²) in [5.41, 5.74) is 0.848. The number of benzene rings is 1. The number of imide groups is 1. The minimum Gasteiger partial charge on any atom is -0.312 e. The quantitative estimate of drug-likeness (QED) is 0.468. The van der Waals surface area contributed by atoms with Gasteiger partial charge in [-0.1, -0.05) is 6.07 Å². The van der Waals surface area contributed by atoms with E-state index < -0.39 is 11.0 Å². The molecule has 104 valence electrons. The molecule has 20 heavy (non-hydrogen) atoms. The molecule has 0 saturated carbocycles. The number of non-ortho nitro benzene ring substituents is 1. The van der Waals surface area contributed by atoms with Crippen molar-refractivity contribution in [3.63, 3.8) is 0 Å². The normalized spacial score (nSPS) is 21.6. The van der Waals surface area contributed by atoms with E-state index >= 15 is 0 Å². The van der Waals surface area contributed by atoms with Gasteiger partial charge in [0.1, 0.15) is 6.04 Å². The lowest BCUT2D eigenvalue weighted by Crippen LogP contribution is -2.33. The molecule has 2 fully saturated rings. The van der Waals surface area contributed by atoms with Crippen molar-refractivity contribution in [3.05, 3.63) is 33.9 Å². The minimum absolute atomic E-state index is 0.127. The maximum atomic E-state index is 12.3. The Morgan fingerprint density at radius 3 is 2.75 bits per heavy atom. The van der Waals surface area contributed by atoms with Crippen LogP contribution < -0.4 is 4.90 Å². The number of aryl methyl sites for hydroxylation is 1.